The monoisotopic (exact) mass is 383 g/mol. The Morgan fingerprint density at radius 1 is 1.53 bits per heavy atom. The van der Waals surface area contributed by atoms with E-state index in [-0.39, 0.29) is 19.8 Å². The highest BCUT2D eigenvalue weighted by molar-refractivity contribution is 9.11. The van der Waals surface area contributed by atoms with Gasteiger partial charge >= 0.3 is 0 Å². The number of nitriles is 1. The lowest BCUT2D eigenvalue weighted by atomic mass is 10.3. The van der Waals surface area contributed by atoms with Crippen LogP contribution in [0.2, 0.25) is 0 Å². The molecule has 1 aromatic carbocycles. The number of aliphatic imine (C=N–C) groups is 1. The van der Waals surface area contributed by atoms with Gasteiger partial charge in [0.15, 0.2) is 23.0 Å². The quantitative estimate of drug-likeness (QED) is 0.199. The molecule has 0 saturated carbocycles. The van der Waals surface area contributed by atoms with Crippen LogP contribution in [-0.4, -0.2) is 11.4 Å². The smallest absolute Gasteiger partial charge is 0.183 e. The van der Waals surface area contributed by atoms with E-state index in [1.165, 1.54) is 0 Å². The minimum Gasteiger partial charge on any atom is -0.271 e. The van der Waals surface area contributed by atoms with Gasteiger partial charge in [-0.25, -0.2) is 13.8 Å². The largest absolute Gasteiger partial charge is 0.271 e. The van der Waals surface area contributed by atoms with Gasteiger partial charge in [-0.05, 0) is 44.2 Å². The van der Waals surface area contributed by atoms with Crippen LogP contribution in [0.25, 0.3) is 0 Å². The Bertz CT molecular complexity index is 514. The van der Waals surface area contributed by atoms with Gasteiger partial charge in [0.05, 0.1) is 8.95 Å². The zero-order valence-electron chi connectivity index (χ0n) is 8.39. The average molecular weight is 385 g/mol. The number of halogens is 4. The summed E-state index contributed by atoms with van der Waals surface area (Å²) in [4.78, 5) is 3.83. The Kier molecular flexibility index (Phi) is 5.36. The predicted molar refractivity (Wildman–Crippen MR) is 71.1 cm³/mol. The van der Waals surface area contributed by atoms with Gasteiger partial charge in [0.1, 0.15) is 5.69 Å². The second-order valence-corrected chi connectivity index (χ2v) is 5.12. The molecule has 8 heteroatoms. The molecule has 3 nitrogen and oxygen atoms in total. The summed E-state index contributed by atoms with van der Waals surface area (Å²) in [5.41, 5.74) is -0.196. The van der Waals surface area contributed by atoms with Gasteiger partial charge in [-0.15, -0.1) is 0 Å². The molecule has 0 aliphatic carbocycles. The Morgan fingerprint density at radius 3 is 2.71 bits per heavy atom. The van der Waals surface area contributed by atoms with Gasteiger partial charge in [0.25, 0.3) is 0 Å². The number of benzene rings is 1. The molecule has 90 valence electrons. The summed E-state index contributed by atoms with van der Waals surface area (Å²) in [6.07, 6.45) is 3.32. The molecule has 1 aromatic rings. The van der Waals surface area contributed by atoms with Crippen LogP contribution < -0.4 is 5.32 Å². The molecule has 0 radical (unpaired) electrons. The highest BCUT2D eigenvalue weighted by Gasteiger charge is 2.15. The van der Waals surface area contributed by atoms with Crippen LogP contribution in [0.4, 0.5) is 14.5 Å². The van der Waals surface area contributed by atoms with E-state index < -0.39 is 11.6 Å². The van der Waals surface area contributed by atoms with E-state index in [2.05, 4.69) is 42.2 Å². The van der Waals surface area contributed by atoms with Crippen LogP contribution in [0.15, 0.2) is 20.0 Å². The normalized spacial score (nSPS) is 11.2. The van der Waals surface area contributed by atoms with Gasteiger partial charge < -0.3 is 0 Å². The number of nitrogens with one attached hydrogen (secondary N) is 1. The maximum atomic E-state index is 13.6. The van der Waals surface area contributed by atoms with Crippen LogP contribution in [0.3, 0.4) is 0 Å². The third-order valence-electron chi connectivity index (χ3n) is 1.66. The van der Waals surface area contributed by atoms with E-state index >= 15 is 0 Å². The van der Waals surface area contributed by atoms with Crippen molar-refractivity contribution in [2.24, 2.45) is 4.99 Å². The van der Waals surface area contributed by atoms with E-state index in [1.807, 2.05) is 0 Å². The standard InChI is InChI=1S/C9H5Br2F2N3S/c1-17-9(15-3-14)16-8-5(12)2-4(10)7(13)6(8)11/h2H,1H3,(H,15,16). The van der Waals surface area contributed by atoms with Gasteiger partial charge in [-0.1, -0.05) is 11.8 Å². The van der Waals surface area contributed by atoms with Crippen molar-refractivity contribution >= 4 is 54.5 Å². The van der Waals surface area contributed by atoms with E-state index in [0.717, 1.165) is 17.8 Å². The lowest BCUT2D eigenvalue weighted by Gasteiger charge is -2.06. The first-order valence-corrected chi connectivity index (χ1v) is 6.93. The molecule has 0 unspecified atom stereocenters. The highest BCUT2D eigenvalue weighted by atomic mass is 79.9. The molecule has 0 amide bonds. The van der Waals surface area contributed by atoms with Crippen molar-refractivity contribution in [3.63, 3.8) is 0 Å². The summed E-state index contributed by atoms with van der Waals surface area (Å²) >= 11 is 6.91. The first-order chi connectivity index (χ1) is 8.01. The lowest BCUT2D eigenvalue weighted by molar-refractivity contribution is 0.590. The van der Waals surface area contributed by atoms with Crippen molar-refractivity contribution in [3.8, 4) is 6.19 Å². The molecule has 1 N–H and O–H groups in total. The highest BCUT2D eigenvalue weighted by Crippen LogP contribution is 2.35. The Balaban J connectivity index is 3.33. The first-order valence-electron chi connectivity index (χ1n) is 4.12. The van der Waals surface area contributed by atoms with Gasteiger partial charge in [-0.2, -0.15) is 5.26 Å². The van der Waals surface area contributed by atoms with Crippen molar-refractivity contribution in [2.75, 3.05) is 6.26 Å². The van der Waals surface area contributed by atoms with E-state index in [1.54, 1.807) is 12.4 Å². The van der Waals surface area contributed by atoms with E-state index in [9.17, 15) is 8.78 Å². The molecular formula is C9H5Br2F2N3S. The van der Waals surface area contributed by atoms with Crippen molar-refractivity contribution < 1.29 is 8.78 Å². The summed E-state index contributed by atoms with van der Waals surface area (Å²) in [6.45, 7) is 0. The molecule has 0 aromatic heterocycles. The summed E-state index contributed by atoms with van der Waals surface area (Å²) in [5.74, 6) is -1.35. The number of hydrogen-bond donors (Lipinski definition) is 1. The zero-order chi connectivity index (χ0) is 13.0. The van der Waals surface area contributed by atoms with Crippen LogP contribution in [0, 0.1) is 23.1 Å². The summed E-state index contributed by atoms with van der Waals surface area (Å²) in [5, 5.41) is 10.9. The Morgan fingerprint density at radius 2 is 2.18 bits per heavy atom. The molecule has 0 saturated heterocycles. The Labute approximate surface area is 118 Å². The molecule has 0 spiro atoms. The topological polar surface area (TPSA) is 48.2 Å². The number of hydrogen-bond acceptors (Lipinski definition) is 3. The van der Waals surface area contributed by atoms with Gasteiger partial charge in [0.2, 0.25) is 0 Å². The number of rotatable bonds is 1. The van der Waals surface area contributed by atoms with Gasteiger partial charge in [-0.3, -0.25) is 5.32 Å². The molecule has 0 bridgehead atoms. The molecular weight excluding hydrogens is 380 g/mol. The van der Waals surface area contributed by atoms with Crippen LogP contribution in [0.5, 0.6) is 0 Å². The molecule has 0 fully saturated rings. The van der Waals surface area contributed by atoms with Crippen molar-refractivity contribution in [2.45, 2.75) is 0 Å². The first kappa shape index (κ1) is 14.4. The lowest BCUT2D eigenvalue weighted by Crippen LogP contribution is -2.12. The van der Waals surface area contributed by atoms with Crippen LogP contribution in [0.1, 0.15) is 0 Å². The molecule has 0 heterocycles. The zero-order valence-corrected chi connectivity index (χ0v) is 12.4. The van der Waals surface area contributed by atoms with E-state index in [4.69, 9.17) is 5.26 Å². The maximum absolute atomic E-state index is 13.6. The average Bonchev–Trinajstić information content (AvgIpc) is 2.30. The van der Waals surface area contributed by atoms with Crippen molar-refractivity contribution in [1.29, 1.82) is 5.26 Å². The van der Waals surface area contributed by atoms with Gasteiger partial charge in [0, 0.05) is 0 Å². The molecule has 0 aliphatic heterocycles. The molecule has 17 heavy (non-hydrogen) atoms. The Hall–Kier alpha value is -0.650. The SMILES string of the molecule is CSC(=Nc1c(F)cc(Br)c(F)c1Br)NC#N. The third kappa shape index (κ3) is 3.40. The fourth-order valence-corrected chi connectivity index (χ4v) is 2.42. The summed E-state index contributed by atoms with van der Waals surface area (Å²) in [7, 11) is 0. The predicted octanol–water partition coefficient (Wildman–Crippen LogP) is 3.91. The minimum atomic E-state index is -0.698. The molecule has 0 aliphatic rings. The third-order valence-corrected chi connectivity index (χ3v) is 3.54. The van der Waals surface area contributed by atoms with Crippen LogP contribution >= 0.6 is 43.6 Å². The number of nitrogens with zero attached hydrogens (tertiary/aromatic N) is 2. The summed E-state index contributed by atoms with van der Waals surface area (Å²) in [6, 6.07) is 0.975. The second-order valence-electron chi connectivity index (χ2n) is 2.67. The number of thioether (sulfide) groups is 1. The molecule has 1 rings (SSSR count). The molecule has 0 atom stereocenters. The number of amidine groups is 1. The van der Waals surface area contributed by atoms with Crippen molar-refractivity contribution in [1.82, 2.24) is 5.32 Å². The minimum absolute atomic E-state index is 0.000214. The van der Waals surface area contributed by atoms with Crippen molar-refractivity contribution in [3.05, 3.63) is 26.6 Å². The summed E-state index contributed by atoms with van der Waals surface area (Å²) < 4.78 is 27.0. The maximum Gasteiger partial charge on any atom is 0.183 e. The van der Waals surface area contributed by atoms with E-state index in [0.29, 0.717) is 0 Å². The van der Waals surface area contributed by atoms with Crippen LogP contribution in [-0.2, 0) is 0 Å². The second kappa shape index (κ2) is 6.33. The fourth-order valence-electron chi connectivity index (χ4n) is 0.933. The fraction of sp³-hybridized carbons (Fsp3) is 0.111.